The summed E-state index contributed by atoms with van der Waals surface area (Å²) in [5, 5.41) is 10.5. The van der Waals surface area contributed by atoms with Crippen LogP contribution in [0.3, 0.4) is 0 Å². The van der Waals surface area contributed by atoms with Crippen LogP contribution in [0, 0.1) is 5.92 Å². The van der Waals surface area contributed by atoms with Gasteiger partial charge in [-0.25, -0.2) is 0 Å². The molecule has 0 bridgehead atoms. The van der Waals surface area contributed by atoms with Gasteiger partial charge >= 0.3 is 0 Å². The average Bonchev–Trinajstić information content (AvgIpc) is 3.16. The zero-order chi connectivity index (χ0) is 15.5. The molecule has 0 spiro atoms. The van der Waals surface area contributed by atoms with Crippen molar-refractivity contribution in [3.05, 3.63) is 42.2 Å². The summed E-state index contributed by atoms with van der Waals surface area (Å²) in [4.78, 5) is 12.6. The van der Waals surface area contributed by atoms with Crippen LogP contribution in [0.15, 0.2) is 36.7 Å². The van der Waals surface area contributed by atoms with Gasteiger partial charge in [0.1, 0.15) is 5.75 Å². The van der Waals surface area contributed by atoms with Gasteiger partial charge in [-0.05, 0) is 29.8 Å². The molecule has 6 heteroatoms. The Bertz CT molecular complexity index is 650. The van der Waals surface area contributed by atoms with E-state index in [0.29, 0.717) is 6.54 Å². The maximum Gasteiger partial charge on any atom is 0.229 e. The smallest absolute Gasteiger partial charge is 0.229 e. The highest BCUT2D eigenvalue weighted by molar-refractivity contribution is 5.93. The number of nitrogens with zero attached hydrogens (tertiary/aromatic N) is 2. The fourth-order valence-corrected chi connectivity index (χ4v) is 2.85. The van der Waals surface area contributed by atoms with E-state index < -0.39 is 0 Å². The van der Waals surface area contributed by atoms with E-state index in [1.807, 2.05) is 43.7 Å². The molecule has 0 radical (unpaired) electrons. The number of ether oxygens (including phenoxy) is 1. The number of aryl methyl sites for hydroxylation is 1. The van der Waals surface area contributed by atoms with Crippen LogP contribution in [0.25, 0.3) is 0 Å². The van der Waals surface area contributed by atoms with Crippen molar-refractivity contribution in [1.82, 2.24) is 15.1 Å². The molecule has 1 aliphatic heterocycles. The summed E-state index contributed by atoms with van der Waals surface area (Å²) in [7, 11) is 3.51. The fraction of sp³-hybridized carbons (Fsp3) is 0.375. The van der Waals surface area contributed by atoms with Gasteiger partial charge in [-0.1, -0.05) is 0 Å². The van der Waals surface area contributed by atoms with E-state index in [1.165, 1.54) is 0 Å². The molecule has 22 heavy (non-hydrogen) atoms. The Hall–Kier alpha value is -2.34. The van der Waals surface area contributed by atoms with Crippen LogP contribution in [0.4, 0.5) is 5.69 Å². The number of benzene rings is 1. The van der Waals surface area contributed by atoms with Gasteiger partial charge in [0, 0.05) is 37.9 Å². The van der Waals surface area contributed by atoms with Gasteiger partial charge in [0.15, 0.2) is 0 Å². The molecule has 1 fully saturated rings. The molecule has 3 rings (SSSR count). The van der Waals surface area contributed by atoms with Crippen LogP contribution in [-0.4, -0.2) is 35.9 Å². The van der Waals surface area contributed by atoms with Gasteiger partial charge in [0.25, 0.3) is 0 Å². The Morgan fingerprint density at radius 3 is 2.77 bits per heavy atom. The number of hydrogen-bond donors (Lipinski definition) is 2. The predicted octanol–water partition coefficient (Wildman–Crippen LogP) is 1.37. The highest BCUT2D eigenvalue weighted by Gasteiger charge is 2.34. The molecule has 1 aromatic carbocycles. The zero-order valence-corrected chi connectivity index (χ0v) is 12.7. The number of aromatic nitrogens is 2. The summed E-state index contributed by atoms with van der Waals surface area (Å²) in [6, 6.07) is 7.36. The lowest BCUT2D eigenvalue weighted by Gasteiger charge is -2.17. The highest BCUT2D eigenvalue weighted by atomic mass is 16.5. The standard InChI is InChI=1S/C16H20N4O2/c1-20-10-11(7-18-20)14-8-17-9-15(14)16(21)19-12-3-5-13(22-2)6-4-12/h3-7,10,14-15,17H,8-9H2,1-2H3,(H,19,21)/t14-,15+/m1/s1. The lowest BCUT2D eigenvalue weighted by atomic mass is 9.90. The molecule has 2 atom stereocenters. The molecule has 1 saturated heterocycles. The first-order chi connectivity index (χ1) is 10.7. The predicted molar refractivity (Wildman–Crippen MR) is 83.9 cm³/mol. The third-order valence-corrected chi connectivity index (χ3v) is 4.06. The molecular formula is C16H20N4O2. The van der Waals surface area contributed by atoms with E-state index in [2.05, 4.69) is 15.7 Å². The number of nitrogens with one attached hydrogen (secondary N) is 2. The van der Waals surface area contributed by atoms with E-state index in [4.69, 9.17) is 4.74 Å². The molecule has 2 aromatic rings. The van der Waals surface area contributed by atoms with E-state index in [1.54, 1.807) is 11.8 Å². The number of amides is 1. The minimum Gasteiger partial charge on any atom is -0.497 e. The first-order valence-corrected chi connectivity index (χ1v) is 7.31. The van der Waals surface area contributed by atoms with Crippen LogP contribution in [-0.2, 0) is 11.8 Å². The van der Waals surface area contributed by atoms with Gasteiger partial charge in [0.2, 0.25) is 5.91 Å². The highest BCUT2D eigenvalue weighted by Crippen LogP contribution is 2.29. The number of rotatable bonds is 4. The molecule has 0 saturated carbocycles. The number of hydrogen-bond acceptors (Lipinski definition) is 4. The minimum atomic E-state index is -0.0914. The van der Waals surface area contributed by atoms with Crippen molar-refractivity contribution in [2.24, 2.45) is 13.0 Å². The summed E-state index contributed by atoms with van der Waals surface area (Å²) in [6.45, 7) is 1.48. The average molecular weight is 300 g/mol. The van der Waals surface area contributed by atoms with Gasteiger partial charge in [-0.2, -0.15) is 5.10 Å². The van der Waals surface area contributed by atoms with Crippen LogP contribution in [0.2, 0.25) is 0 Å². The van der Waals surface area contributed by atoms with Gasteiger partial charge in [-0.15, -0.1) is 0 Å². The number of anilines is 1. The normalized spacial score (nSPS) is 20.8. The van der Waals surface area contributed by atoms with E-state index in [-0.39, 0.29) is 17.7 Å². The van der Waals surface area contributed by atoms with Crippen molar-refractivity contribution in [3.63, 3.8) is 0 Å². The summed E-state index contributed by atoms with van der Waals surface area (Å²) >= 11 is 0. The fourth-order valence-electron chi connectivity index (χ4n) is 2.85. The second-order valence-corrected chi connectivity index (χ2v) is 5.54. The van der Waals surface area contributed by atoms with E-state index in [9.17, 15) is 4.79 Å². The van der Waals surface area contributed by atoms with Gasteiger partial charge < -0.3 is 15.4 Å². The number of carbonyl (C=O) groups excluding carboxylic acids is 1. The summed E-state index contributed by atoms with van der Waals surface area (Å²) in [5.41, 5.74) is 1.88. The van der Waals surface area contributed by atoms with Gasteiger partial charge in [-0.3, -0.25) is 9.48 Å². The minimum absolute atomic E-state index is 0.0315. The lowest BCUT2D eigenvalue weighted by molar-refractivity contribution is -0.119. The first kappa shape index (κ1) is 14.6. The van der Waals surface area contributed by atoms with Crippen molar-refractivity contribution in [1.29, 1.82) is 0 Å². The third kappa shape index (κ3) is 2.96. The van der Waals surface area contributed by atoms with Crippen molar-refractivity contribution in [3.8, 4) is 5.75 Å². The van der Waals surface area contributed by atoms with Crippen LogP contribution < -0.4 is 15.4 Å². The van der Waals surface area contributed by atoms with Crippen LogP contribution in [0.1, 0.15) is 11.5 Å². The van der Waals surface area contributed by atoms with Crippen LogP contribution >= 0.6 is 0 Å². The Kier molecular flexibility index (Phi) is 4.11. The molecule has 2 N–H and O–H groups in total. The molecular weight excluding hydrogens is 280 g/mol. The SMILES string of the molecule is COc1ccc(NC(=O)[C@H]2CNC[C@@H]2c2cnn(C)c2)cc1. The summed E-state index contributed by atoms with van der Waals surface area (Å²) in [5.74, 6) is 0.871. The van der Waals surface area contributed by atoms with Crippen molar-refractivity contribution >= 4 is 11.6 Å². The second-order valence-electron chi connectivity index (χ2n) is 5.54. The maximum absolute atomic E-state index is 12.6. The first-order valence-electron chi connectivity index (χ1n) is 7.31. The number of carbonyl (C=O) groups is 1. The quantitative estimate of drug-likeness (QED) is 0.895. The molecule has 1 aromatic heterocycles. The van der Waals surface area contributed by atoms with E-state index >= 15 is 0 Å². The van der Waals surface area contributed by atoms with E-state index in [0.717, 1.165) is 23.5 Å². The summed E-state index contributed by atoms with van der Waals surface area (Å²) in [6.07, 6.45) is 3.82. The number of methoxy groups -OCH3 is 1. The molecule has 116 valence electrons. The van der Waals surface area contributed by atoms with Crippen molar-refractivity contribution < 1.29 is 9.53 Å². The van der Waals surface area contributed by atoms with Gasteiger partial charge in [0.05, 0.1) is 19.2 Å². The third-order valence-electron chi connectivity index (χ3n) is 4.06. The Labute approximate surface area is 129 Å². The topological polar surface area (TPSA) is 68.2 Å². The lowest BCUT2D eigenvalue weighted by Crippen LogP contribution is -2.28. The second kappa shape index (κ2) is 6.19. The zero-order valence-electron chi connectivity index (χ0n) is 12.7. The Morgan fingerprint density at radius 1 is 1.36 bits per heavy atom. The van der Waals surface area contributed by atoms with Crippen molar-refractivity contribution in [2.45, 2.75) is 5.92 Å². The monoisotopic (exact) mass is 300 g/mol. The largest absolute Gasteiger partial charge is 0.497 e. The molecule has 1 amide bonds. The molecule has 0 unspecified atom stereocenters. The molecule has 0 aliphatic carbocycles. The van der Waals surface area contributed by atoms with Crippen molar-refractivity contribution in [2.75, 3.05) is 25.5 Å². The Morgan fingerprint density at radius 2 is 2.14 bits per heavy atom. The molecule has 6 nitrogen and oxygen atoms in total. The maximum atomic E-state index is 12.6. The molecule has 2 heterocycles. The molecule has 1 aliphatic rings. The summed E-state index contributed by atoms with van der Waals surface area (Å²) < 4.78 is 6.89. The van der Waals surface area contributed by atoms with Crippen LogP contribution in [0.5, 0.6) is 5.75 Å². The Balaban J connectivity index is 1.70.